The molecule has 1 heterocycles. The van der Waals surface area contributed by atoms with E-state index in [4.69, 9.17) is 5.73 Å². The molecule has 1 amide bonds. The molecule has 1 aromatic heterocycles. The lowest BCUT2D eigenvalue weighted by Crippen LogP contribution is -2.30. The van der Waals surface area contributed by atoms with Crippen LogP contribution in [0, 0.1) is 5.82 Å². The van der Waals surface area contributed by atoms with Crippen molar-refractivity contribution in [3.63, 3.8) is 0 Å². The molecule has 19 heavy (non-hydrogen) atoms. The van der Waals surface area contributed by atoms with E-state index >= 15 is 0 Å². The zero-order chi connectivity index (χ0) is 14.0. The second-order valence-electron chi connectivity index (χ2n) is 4.46. The largest absolute Gasteiger partial charge is 0.397 e. The van der Waals surface area contributed by atoms with E-state index in [-0.39, 0.29) is 17.8 Å². The molecule has 2 rings (SSSR count). The monoisotopic (exact) mass is 261 g/mol. The Kier molecular flexibility index (Phi) is 3.55. The van der Waals surface area contributed by atoms with Crippen molar-refractivity contribution >= 4 is 11.6 Å². The normalized spacial score (nSPS) is 12.2. The molecule has 0 saturated carbocycles. The Balaban J connectivity index is 2.22. The summed E-state index contributed by atoms with van der Waals surface area (Å²) in [5, 5.41) is 0. The number of carbonyl (C=O) groups is 1. The van der Waals surface area contributed by atoms with Crippen molar-refractivity contribution < 1.29 is 9.18 Å². The Bertz CT molecular complexity index is 594. The predicted octanol–water partition coefficient (Wildman–Crippen LogP) is 2.57. The summed E-state index contributed by atoms with van der Waals surface area (Å²) in [7, 11) is 1.64. The smallest absolute Gasteiger partial charge is 0.270 e. The molecule has 1 atom stereocenters. The molecular weight excluding hydrogens is 245 g/mol. The Hall–Kier alpha value is -2.30. The molecule has 4 nitrogen and oxygen atoms in total. The Morgan fingerprint density at radius 1 is 1.42 bits per heavy atom. The Morgan fingerprint density at radius 3 is 2.68 bits per heavy atom. The van der Waals surface area contributed by atoms with Gasteiger partial charge < -0.3 is 15.6 Å². The number of amides is 1. The first kappa shape index (κ1) is 13.1. The van der Waals surface area contributed by atoms with E-state index < -0.39 is 0 Å². The van der Waals surface area contributed by atoms with E-state index in [0.29, 0.717) is 16.9 Å². The number of aromatic nitrogens is 1. The summed E-state index contributed by atoms with van der Waals surface area (Å²) in [4.78, 5) is 16.5. The van der Waals surface area contributed by atoms with Gasteiger partial charge in [-0.25, -0.2) is 4.39 Å². The number of benzene rings is 1. The van der Waals surface area contributed by atoms with Crippen LogP contribution in [0.15, 0.2) is 36.5 Å². The highest BCUT2D eigenvalue weighted by atomic mass is 19.1. The molecule has 0 radical (unpaired) electrons. The van der Waals surface area contributed by atoms with Gasteiger partial charge in [-0.15, -0.1) is 0 Å². The number of H-pyrrole nitrogens is 1. The van der Waals surface area contributed by atoms with Gasteiger partial charge in [0.1, 0.15) is 11.5 Å². The van der Waals surface area contributed by atoms with Gasteiger partial charge in [-0.3, -0.25) is 4.79 Å². The van der Waals surface area contributed by atoms with Crippen LogP contribution >= 0.6 is 0 Å². The molecule has 0 aliphatic carbocycles. The third kappa shape index (κ3) is 2.59. The summed E-state index contributed by atoms with van der Waals surface area (Å²) in [5.41, 5.74) is 6.94. The van der Waals surface area contributed by atoms with Gasteiger partial charge in [0, 0.05) is 24.5 Å². The number of rotatable bonds is 3. The topological polar surface area (TPSA) is 62.1 Å². The van der Waals surface area contributed by atoms with Gasteiger partial charge in [-0.1, -0.05) is 18.2 Å². The summed E-state index contributed by atoms with van der Waals surface area (Å²) in [5.74, 6) is -0.548. The fourth-order valence-electron chi connectivity index (χ4n) is 1.92. The summed E-state index contributed by atoms with van der Waals surface area (Å²) in [6, 6.07) is 7.63. The quantitative estimate of drug-likeness (QED) is 0.892. The average Bonchev–Trinajstić information content (AvgIpc) is 2.83. The molecule has 0 aliphatic heterocycles. The molecule has 0 fully saturated rings. The van der Waals surface area contributed by atoms with Gasteiger partial charge in [-0.2, -0.15) is 0 Å². The molecule has 3 N–H and O–H groups in total. The lowest BCUT2D eigenvalue weighted by Gasteiger charge is -2.25. The summed E-state index contributed by atoms with van der Waals surface area (Å²) in [6.07, 6.45) is 1.55. The first-order valence-corrected chi connectivity index (χ1v) is 5.96. The van der Waals surface area contributed by atoms with Crippen LogP contribution in [-0.4, -0.2) is 22.8 Å². The van der Waals surface area contributed by atoms with Crippen LogP contribution in [0.2, 0.25) is 0 Å². The number of aromatic amines is 1. The highest BCUT2D eigenvalue weighted by molar-refractivity contribution is 5.93. The van der Waals surface area contributed by atoms with E-state index in [1.54, 1.807) is 44.4 Å². The zero-order valence-corrected chi connectivity index (χ0v) is 10.9. The molecule has 5 heteroatoms. The van der Waals surface area contributed by atoms with Crippen LogP contribution in [0.3, 0.4) is 0 Å². The first-order valence-electron chi connectivity index (χ1n) is 5.96. The molecule has 1 aromatic carbocycles. The van der Waals surface area contributed by atoms with E-state index in [1.165, 1.54) is 11.0 Å². The van der Waals surface area contributed by atoms with Crippen molar-refractivity contribution in [2.45, 2.75) is 13.0 Å². The van der Waals surface area contributed by atoms with Crippen molar-refractivity contribution in [1.29, 1.82) is 0 Å². The maximum atomic E-state index is 13.7. The van der Waals surface area contributed by atoms with E-state index in [0.717, 1.165) is 0 Å². The summed E-state index contributed by atoms with van der Waals surface area (Å²) in [6.45, 7) is 1.78. The van der Waals surface area contributed by atoms with E-state index in [2.05, 4.69) is 4.98 Å². The number of nitrogen functional groups attached to an aromatic ring is 1. The number of nitrogens with one attached hydrogen (secondary N) is 1. The lowest BCUT2D eigenvalue weighted by atomic mass is 10.1. The van der Waals surface area contributed by atoms with Gasteiger partial charge in [0.15, 0.2) is 0 Å². The van der Waals surface area contributed by atoms with Gasteiger partial charge >= 0.3 is 0 Å². The predicted molar refractivity (Wildman–Crippen MR) is 72.1 cm³/mol. The van der Waals surface area contributed by atoms with E-state index in [9.17, 15) is 9.18 Å². The van der Waals surface area contributed by atoms with Crippen molar-refractivity contribution in [2.24, 2.45) is 0 Å². The third-order valence-electron chi connectivity index (χ3n) is 3.19. The van der Waals surface area contributed by atoms with Crippen molar-refractivity contribution in [1.82, 2.24) is 9.88 Å². The lowest BCUT2D eigenvalue weighted by molar-refractivity contribution is 0.0735. The molecular formula is C14H16FN3O. The van der Waals surface area contributed by atoms with E-state index in [1.807, 2.05) is 0 Å². The molecule has 0 bridgehead atoms. The van der Waals surface area contributed by atoms with Crippen molar-refractivity contribution in [3.8, 4) is 0 Å². The molecule has 1 unspecified atom stereocenters. The molecule has 0 aliphatic rings. The molecule has 100 valence electrons. The van der Waals surface area contributed by atoms with Gasteiger partial charge in [0.25, 0.3) is 5.91 Å². The van der Waals surface area contributed by atoms with Crippen LogP contribution in [0.5, 0.6) is 0 Å². The highest BCUT2D eigenvalue weighted by Crippen LogP contribution is 2.23. The molecule has 0 saturated heterocycles. The van der Waals surface area contributed by atoms with Crippen molar-refractivity contribution in [3.05, 3.63) is 53.6 Å². The maximum Gasteiger partial charge on any atom is 0.270 e. The number of hydrogen-bond acceptors (Lipinski definition) is 2. The van der Waals surface area contributed by atoms with Gasteiger partial charge in [0.2, 0.25) is 0 Å². The summed E-state index contributed by atoms with van der Waals surface area (Å²) < 4.78 is 13.7. The van der Waals surface area contributed by atoms with Crippen LogP contribution in [-0.2, 0) is 0 Å². The van der Waals surface area contributed by atoms with Crippen molar-refractivity contribution in [2.75, 3.05) is 12.8 Å². The SMILES string of the molecule is CC(c1ccccc1F)N(C)C(=O)c1cc(N)c[nH]1. The minimum Gasteiger partial charge on any atom is -0.397 e. The maximum absolute atomic E-state index is 13.7. The summed E-state index contributed by atoms with van der Waals surface area (Å²) >= 11 is 0. The number of halogens is 1. The second kappa shape index (κ2) is 5.14. The fourth-order valence-corrected chi connectivity index (χ4v) is 1.92. The van der Waals surface area contributed by atoms with Gasteiger partial charge in [-0.05, 0) is 19.1 Å². The minimum absolute atomic E-state index is 0.229. The second-order valence-corrected chi connectivity index (χ2v) is 4.46. The minimum atomic E-state index is -0.363. The number of nitrogens with two attached hydrogens (primary N) is 1. The van der Waals surface area contributed by atoms with Gasteiger partial charge in [0.05, 0.1) is 6.04 Å². The average molecular weight is 261 g/mol. The number of carbonyl (C=O) groups excluding carboxylic acids is 1. The third-order valence-corrected chi connectivity index (χ3v) is 3.19. The number of anilines is 1. The number of hydrogen-bond donors (Lipinski definition) is 2. The van der Waals surface area contributed by atoms with Crippen LogP contribution in [0.25, 0.3) is 0 Å². The highest BCUT2D eigenvalue weighted by Gasteiger charge is 2.21. The Labute approximate surface area is 111 Å². The van der Waals surface area contributed by atoms with Crippen LogP contribution in [0.4, 0.5) is 10.1 Å². The van der Waals surface area contributed by atoms with Crippen LogP contribution < -0.4 is 5.73 Å². The Morgan fingerprint density at radius 2 is 2.11 bits per heavy atom. The number of nitrogens with zero attached hydrogens (tertiary/aromatic N) is 1. The first-order chi connectivity index (χ1) is 9.00. The zero-order valence-electron chi connectivity index (χ0n) is 10.9. The fraction of sp³-hybridized carbons (Fsp3) is 0.214. The molecule has 2 aromatic rings. The molecule has 0 spiro atoms. The van der Waals surface area contributed by atoms with Crippen LogP contribution in [0.1, 0.15) is 29.0 Å². The standard InChI is InChI=1S/C14H16FN3O/c1-9(11-5-3-4-6-12(11)15)18(2)14(19)13-7-10(16)8-17-13/h3-9,17H,16H2,1-2H3.